The maximum Gasteiger partial charge on any atom is 0.337 e. The van der Waals surface area contributed by atoms with Gasteiger partial charge in [-0.2, -0.15) is 0 Å². The van der Waals surface area contributed by atoms with Crippen molar-refractivity contribution in [1.82, 2.24) is 4.90 Å². The van der Waals surface area contributed by atoms with Crippen LogP contribution in [0.1, 0.15) is 6.92 Å². The van der Waals surface area contributed by atoms with Crippen LogP contribution in [0, 0.1) is 0 Å². The molecule has 0 amide bonds. The number of halogens is 2. The van der Waals surface area contributed by atoms with Gasteiger partial charge in [-0.3, -0.25) is 0 Å². The van der Waals surface area contributed by atoms with Gasteiger partial charge < -0.3 is 10.0 Å². The van der Waals surface area contributed by atoms with Gasteiger partial charge in [-0.15, -0.1) is 0 Å². The minimum Gasteiger partial charge on any atom is -0.478 e. The Balaban J connectivity index is 2.94. The summed E-state index contributed by atoms with van der Waals surface area (Å²) in [6.45, 7) is 4.71. The van der Waals surface area contributed by atoms with Crippen molar-refractivity contribution < 1.29 is 18.7 Å². The maximum atomic E-state index is 12.2. The number of allylic oxidation sites excluding steroid dienone is 1. The monoisotopic (exact) mass is 215 g/mol. The average Bonchev–Trinajstić information content (AvgIpc) is 2.11. The Morgan fingerprint density at radius 1 is 1.67 bits per heavy atom. The number of nitrogens with zero attached hydrogens (tertiary/aromatic N) is 1. The molecule has 3 nitrogen and oxygen atoms in total. The molecule has 0 saturated heterocycles. The van der Waals surface area contributed by atoms with Gasteiger partial charge in [0.05, 0.1) is 12.1 Å². The highest BCUT2D eigenvalue weighted by Crippen LogP contribution is 2.23. The van der Waals surface area contributed by atoms with Crippen LogP contribution in [0.5, 0.6) is 0 Å². The summed E-state index contributed by atoms with van der Waals surface area (Å²) in [6.07, 6.45) is 0.0511. The molecule has 0 aliphatic carbocycles. The van der Waals surface area contributed by atoms with Crippen LogP contribution < -0.4 is 0 Å². The van der Waals surface area contributed by atoms with E-state index in [1.54, 1.807) is 6.92 Å². The minimum atomic E-state index is -2.53. The first-order chi connectivity index (χ1) is 6.91. The number of rotatable bonds is 3. The molecule has 0 fully saturated rings. The molecule has 1 rings (SSSR count). The lowest BCUT2D eigenvalue weighted by Gasteiger charge is -2.26. The number of alkyl halides is 2. The second-order valence-corrected chi connectivity index (χ2v) is 3.21. The van der Waals surface area contributed by atoms with E-state index >= 15 is 0 Å². The molecule has 15 heavy (non-hydrogen) atoms. The van der Waals surface area contributed by atoms with Crippen LogP contribution in [-0.4, -0.2) is 28.9 Å². The highest BCUT2D eigenvalue weighted by Gasteiger charge is 2.19. The highest BCUT2D eigenvalue weighted by molar-refractivity contribution is 5.90. The highest BCUT2D eigenvalue weighted by atomic mass is 19.3. The van der Waals surface area contributed by atoms with Crippen molar-refractivity contribution in [2.24, 2.45) is 0 Å². The summed E-state index contributed by atoms with van der Waals surface area (Å²) >= 11 is 0. The number of hydrogen-bond acceptors (Lipinski definition) is 2. The molecule has 0 unspecified atom stereocenters. The van der Waals surface area contributed by atoms with Gasteiger partial charge in [0.2, 0.25) is 0 Å². The Bertz CT molecular complexity index is 358. The average molecular weight is 215 g/mol. The van der Waals surface area contributed by atoms with E-state index < -0.39 is 18.9 Å². The van der Waals surface area contributed by atoms with Crippen LogP contribution in [0.15, 0.2) is 35.7 Å². The van der Waals surface area contributed by atoms with Crippen LogP contribution in [0.3, 0.4) is 0 Å². The van der Waals surface area contributed by atoms with Crippen LogP contribution in [0.2, 0.25) is 0 Å². The van der Waals surface area contributed by atoms with E-state index in [0.717, 1.165) is 4.90 Å². The second kappa shape index (κ2) is 4.25. The van der Waals surface area contributed by atoms with Gasteiger partial charge in [0.1, 0.15) is 0 Å². The zero-order valence-corrected chi connectivity index (χ0v) is 8.20. The third-order valence-corrected chi connectivity index (χ3v) is 2.05. The molecule has 0 radical (unpaired) electrons. The predicted octanol–water partition coefficient (Wildman–Crippen LogP) is 2.00. The van der Waals surface area contributed by atoms with E-state index in [1.807, 2.05) is 0 Å². The van der Waals surface area contributed by atoms with Gasteiger partial charge in [0.15, 0.2) is 0 Å². The van der Waals surface area contributed by atoms with Crippen LogP contribution in [0.4, 0.5) is 8.78 Å². The SMILES string of the molecule is C=C1C(C)=CC(C(=O)O)=CN1CC(F)F. The van der Waals surface area contributed by atoms with Gasteiger partial charge in [0.25, 0.3) is 6.43 Å². The Morgan fingerprint density at radius 2 is 2.27 bits per heavy atom. The Kier molecular flexibility index (Phi) is 3.24. The van der Waals surface area contributed by atoms with Gasteiger partial charge in [0, 0.05) is 11.9 Å². The number of carbonyl (C=O) groups is 1. The molecule has 0 aromatic heterocycles. The van der Waals surface area contributed by atoms with Crippen LogP contribution >= 0.6 is 0 Å². The molecule has 82 valence electrons. The summed E-state index contributed by atoms with van der Waals surface area (Å²) in [5.74, 6) is -1.14. The zero-order valence-electron chi connectivity index (χ0n) is 8.20. The molecule has 0 spiro atoms. The lowest BCUT2D eigenvalue weighted by atomic mass is 10.1. The molecule has 0 aromatic carbocycles. The van der Waals surface area contributed by atoms with E-state index in [1.165, 1.54) is 12.3 Å². The Labute approximate surface area is 86.0 Å². The fraction of sp³-hybridized carbons (Fsp3) is 0.300. The lowest BCUT2D eigenvalue weighted by molar-refractivity contribution is -0.132. The van der Waals surface area contributed by atoms with Gasteiger partial charge in [-0.05, 0) is 18.6 Å². The zero-order chi connectivity index (χ0) is 11.6. The van der Waals surface area contributed by atoms with Crippen LogP contribution in [0.25, 0.3) is 0 Å². The van der Waals surface area contributed by atoms with Gasteiger partial charge in [-0.1, -0.05) is 6.58 Å². The molecule has 1 N–H and O–H groups in total. The van der Waals surface area contributed by atoms with E-state index in [9.17, 15) is 13.6 Å². The number of carboxylic acids is 1. The summed E-state index contributed by atoms with van der Waals surface area (Å²) in [5.41, 5.74) is 0.969. The molecule has 0 saturated carbocycles. The maximum absolute atomic E-state index is 12.2. The quantitative estimate of drug-likeness (QED) is 0.782. The molecular weight excluding hydrogens is 204 g/mol. The molecule has 1 aliphatic heterocycles. The standard InChI is InChI=1S/C10H11F2NO2/c1-6-3-8(10(14)15)4-13(7(6)2)5-9(11)12/h3-4,9H,2,5H2,1H3,(H,14,15). The summed E-state index contributed by atoms with van der Waals surface area (Å²) in [6, 6.07) is 0. The third-order valence-electron chi connectivity index (χ3n) is 2.05. The topological polar surface area (TPSA) is 40.5 Å². The normalized spacial score (nSPS) is 16.5. The number of carboxylic acid groups (broad SMARTS) is 1. The molecule has 1 heterocycles. The fourth-order valence-corrected chi connectivity index (χ4v) is 1.25. The van der Waals surface area contributed by atoms with E-state index in [0.29, 0.717) is 11.3 Å². The van der Waals surface area contributed by atoms with E-state index in [2.05, 4.69) is 6.58 Å². The van der Waals surface area contributed by atoms with Crippen molar-refractivity contribution in [3.05, 3.63) is 35.7 Å². The molecular formula is C10H11F2NO2. The number of aliphatic carboxylic acids is 1. The van der Waals surface area contributed by atoms with Crippen molar-refractivity contribution in [2.45, 2.75) is 13.3 Å². The Morgan fingerprint density at radius 3 is 2.73 bits per heavy atom. The summed E-state index contributed by atoms with van der Waals surface area (Å²) in [4.78, 5) is 11.8. The third kappa shape index (κ3) is 2.65. The molecule has 5 heteroatoms. The first-order valence-corrected chi connectivity index (χ1v) is 4.29. The minimum absolute atomic E-state index is 0.0134. The van der Waals surface area contributed by atoms with Crippen LogP contribution in [-0.2, 0) is 4.79 Å². The van der Waals surface area contributed by atoms with Gasteiger partial charge in [-0.25, -0.2) is 13.6 Å². The van der Waals surface area contributed by atoms with E-state index in [4.69, 9.17) is 5.11 Å². The smallest absolute Gasteiger partial charge is 0.337 e. The fourth-order valence-electron chi connectivity index (χ4n) is 1.25. The predicted molar refractivity (Wildman–Crippen MR) is 51.3 cm³/mol. The largest absolute Gasteiger partial charge is 0.478 e. The summed E-state index contributed by atoms with van der Waals surface area (Å²) in [7, 11) is 0. The van der Waals surface area contributed by atoms with Crippen molar-refractivity contribution in [3.8, 4) is 0 Å². The summed E-state index contributed by atoms with van der Waals surface area (Å²) < 4.78 is 24.3. The van der Waals surface area contributed by atoms with E-state index in [-0.39, 0.29) is 5.57 Å². The number of hydrogen-bond donors (Lipinski definition) is 1. The Hall–Kier alpha value is -1.65. The van der Waals surface area contributed by atoms with Gasteiger partial charge >= 0.3 is 5.97 Å². The van der Waals surface area contributed by atoms with Crippen molar-refractivity contribution in [3.63, 3.8) is 0 Å². The first-order valence-electron chi connectivity index (χ1n) is 4.29. The van der Waals surface area contributed by atoms with Crippen molar-refractivity contribution in [1.29, 1.82) is 0 Å². The molecule has 0 aromatic rings. The molecule has 0 bridgehead atoms. The lowest BCUT2D eigenvalue weighted by Crippen LogP contribution is -2.26. The second-order valence-electron chi connectivity index (χ2n) is 3.21. The molecule has 1 aliphatic rings. The molecule has 0 atom stereocenters. The first kappa shape index (κ1) is 11.4. The van der Waals surface area contributed by atoms with Crippen molar-refractivity contribution in [2.75, 3.05) is 6.54 Å². The summed E-state index contributed by atoms with van der Waals surface area (Å²) in [5, 5.41) is 8.74. The van der Waals surface area contributed by atoms with Crippen molar-refractivity contribution >= 4 is 5.97 Å².